The number of benzene rings is 2. The molecule has 36 heavy (non-hydrogen) atoms. The van der Waals surface area contributed by atoms with E-state index < -0.39 is 29.1 Å². The Morgan fingerprint density at radius 1 is 1.19 bits per heavy atom. The predicted octanol–water partition coefficient (Wildman–Crippen LogP) is 4.87. The van der Waals surface area contributed by atoms with E-state index in [2.05, 4.69) is 20.6 Å². The Morgan fingerprint density at radius 2 is 1.94 bits per heavy atom. The van der Waals surface area contributed by atoms with Gasteiger partial charge in [-0.25, -0.2) is 9.37 Å². The normalized spacial score (nSPS) is 14.0. The average Bonchev–Trinajstić information content (AvgIpc) is 2.86. The van der Waals surface area contributed by atoms with Gasteiger partial charge in [-0.3, -0.25) is 4.79 Å². The van der Waals surface area contributed by atoms with Gasteiger partial charge in [0.25, 0.3) is 0 Å². The van der Waals surface area contributed by atoms with E-state index in [4.69, 9.17) is 16.3 Å². The molecule has 0 amide bonds. The lowest BCUT2D eigenvalue weighted by Crippen LogP contribution is -2.37. The molecule has 4 rings (SSSR count). The number of phenols is 1. The molecule has 0 unspecified atom stereocenters. The molecule has 190 valence electrons. The molecule has 13 heteroatoms. The summed E-state index contributed by atoms with van der Waals surface area (Å²) in [6.45, 7) is 1.45. The fraction of sp³-hybridized carbons (Fsp3) is 0.261. The van der Waals surface area contributed by atoms with Gasteiger partial charge >= 0.3 is 6.18 Å². The Labute approximate surface area is 207 Å². The van der Waals surface area contributed by atoms with Crippen LogP contribution in [0.1, 0.15) is 15.9 Å². The summed E-state index contributed by atoms with van der Waals surface area (Å²) in [6, 6.07) is 7.09. The highest BCUT2D eigenvalue weighted by molar-refractivity contribution is 6.35. The number of halogens is 5. The molecule has 0 bridgehead atoms. The minimum atomic E-state index is -4.52. The van der Waals surface area contributed by atoms with Crippen molar-refractivity contribution >= 4 is 40.5 Å². The van der Waals surface area contributed by atoms with Gasteiger partial charge in [0.15, 0.2) is 17.4 Å². The highest BCUT2D eigenvalue weighted by Crippen LogP contribution is 2.37. The minimum Gasteiger partial charge on any atom is -0.506 e. The lowest BCUT2D eigenvalue weighted by atomic mass is 10.1. The molecule has 3 N–H and O–H groups in total. The zero-order valence-electron chi connectivity index (χ0n) is 18.6. The number of morpholine rings is 1. The number of alkyl halides is 3. The monoisotopic (exact) mass is 525 g/mol. The molecule has 1 aromatic heterocycles. The van der Waals surface area contributed by atoms with Gasteiger partial charge in [-0.15, -0.1) is 0 Å². The first-order valence-corrected chi connectivity index (χ1v) is 11.1. The fourth-order valence-electron chi connectivity index (χ4n) is 3.51. The van der Waals surface area contributed by atoms with E-state index in [0.29, 0.717) is 26.3 Å². The maximum atomic E-state index is 14.2. The van der Waals surface area contributed by atoms with Crippen LogP contribution in [0.3, 0.4) is 0 Å². The second-order valence-corrected chi connectivity index (χ2v) is 8.15. The summed E-state index contributed by atoms with van der Waals surface area (Å²) in [7, 11) is 0. The summed E-state index contributed by atoms with van der Waals surface area (Å²) in [5, 5.41) is 15.6. The molecule has 1 aliphatic rings. The largest absolute Gasteiger partial charge is 0.506 e. The lowest BCUT2D eigenvalue weighted by molar-refractivity contribution is -0.137. The van der Waals surface area contributed by atoms with Crippen molar-refractivity contribution in [2.75, 3.05) is 48.4 Å². The number of phenolic OH excluding ortho intramolecular Hbond substituents is 1. The fourth-order valence-corrected chi connectivity index (χ4v) is 3.72. The number of carbonyl (C=O) groups excluding carboxylic acids is 1. The molecule has 0 atom stereocenters. The van der Waals surface area contributed by atoms with Crippen LogP contribution in [0, 0.1) is 5.82 Å². The number of aromatic nitrogens is 2. The second kappa shape index (κ2) is 10.5. The van der Waals surface area contributed by atoms with Gasteiger partial charge in [-0.1, -0.05) is 17.7 Å². The maximum absolute atomic E-state index is 14.2. The molecule has 8 nitrogen and oxygen atoms in total. The Bertz CT molecular complexity index is 1270. The number of hydrogen-bond donors (Lipinski definition) is 3. The summed E-state index contributed by atoms with van der Waals surface area (Å²) in [5.74, 6) is -1.63. The van der Waals surface area contributed by atoms with Crippen LogP contribution in [0.2, 0.25) is 5.02 Å². The van der Waals surface area contributed by atoms with Gasteiger partial charge in [0.05, 0.1) is 42.8 Å². The first kappa shape index (κ1) is 25.5. The third-order valence-corrected chi connectivity index (χ3v) is 5.71. The number of anilines is 4. The number of ether oxygens (including phenoxy) is 1. The third-order valence-electron chi connectivity index (χ3n) is 5.33. The van der Waals surface area contributed by atoms with E-state index in [1.165, 1.54) is 24.3 Å². The van der Waals surface area contributed by atoms with Gasteiger partial charge < -0.3 is 25.4 Å². The van der Waals surface area contributed by atoms with Crippen LogP contribution in [-0.4, -0.2) is 53.7 Å². The highest BCUT2D eigenvalue weighted by atomic mass is 35.5. The SMILES string of the molecule is O=C(CNc1ncc(F)c(N2CCOCC2)n1)c1ccc(Nc2cccc(C(F)(F)F)c2)c(Cl)c1O. The molecule has 2 heterocycles. The number of hydrogen-bond acceptors (Lipinski definition) is 8. The van der Waals surface area contributed by atoms with Crippen LogP contribution in [0.5, 0.6) is 5.75 Å². The molecule has 0 aliphatic carbocycles. The number of aromatic hydroxyl groups is 1. The van der Waals surface area contributed by atoms with Crippen LogP contribution >= 0.6 is 11.6 Å². The smallest absolute Gasteiger partial charge is 0.416 e. The van der Waals surface area contributed by atoms with Crippen molar-refractivity contribution in [2.45, 2.75) is 6.18 Å². The first-order valence-electron chi connectivity index (χ1n) is 10.7. The summed E-state index contributed by atoms with van der Waals surface area (Å²) in [6.07, 6.45) is -3.53. The molecular formula is C23H20ClF4N5O3. The van der Waals surface area contributed by atoms with Crippen LogP contribution in [0.25, 0.3) is 0 Å². The molecule has 1 aliphatic heterocycles. The molecule has 2 aromatic carbocycles. The van der Waals surface area contributed by atoms with Gasteiger partial charge in [0, 0.05) is 18.8 Å². The van der Waals surface area contributed by atoms with Gasteiger partial charge in [-0.2, -0.15) is 18.2 Å². The first-order chi connectivity index (χ1) is 17.1. The lowest BCUT2D eigenvalue weighted by Gasteiger charge is -2.28. The number of nitrogens with one attached hydrogen (secondary N) is 2. The number of rotatable bonds is 7. The molecule has 3 aromatic rings. The van der Waals surface area contributed by atoms with E-state index in [0.717, 1.165) is 18.3 Å². The highest BCUT2D eigenvalue weighted by Gasteiger charge is 2.30. The van der Waals surface area contributed by atoms with Crippen molar-refractivity contribution in [1.82, 2.24) is 9.97 Å². The van der Waals surface area contributed by atoms with Crippen molar-refractivity contribution in [1.29, 1.82) is 0 Å². The van der Waals surface area contributed by atoms with Crippen LogP contribution in [-0.2, 0) is 10.9 Å². The summed E-state index contributed by atoms with van der Waals surface area (Å²) >= 11 is 6.17. The zero-order valence-corrected chi connectivity index (χ0v) is 19.3. The van der Waals surface area contributed by atoms with Crippen molar-refractivity contribution in [3.63, 3.8) is 0 Å². The number of carbonyl (C=O) groups is 1. The van der Waals surface area contributed by atoms with E-state index in [1.54, 1.807) is 4.90 Å². The maximum Gasteiger partial charge on any atom is 0.416 e. The van der Waals surface area contributed by atoms with Gasteiger partial charge in [0.1, 0.15) is 10.8 Å². The summed E-state index contributed by atoms with van der Waals surface area (Å²) < 4.78 is 58.3. The van der Waals surface area contributed by atoms with Crippen LogP contribution in [0.4, 0.5) is 40.7 Å². The predicted molar refractivity (Wildman–Crippen MR) is 126 cm³/mol. The van der Waals surface area contributed by atoms with Crippen LogP contribution in [0.15, 0.2) is 42.6 Å². The third kappa shape index (κ3) is 5.77. The number of ketones is 1. The Balaban J connectivity index is 1.45. The quantitative estimate of drug-likeness (QED) is 0.297. The van der Waals surface area contributed by atoms with Crippen molar-refractivity contribution in [2.24, 2.45) is 0 Å². The number of nitrogens with zero attached hydrogens (tertiary/aromatic N) is 3. The topological polar surface area (TPSA) is 99.6 Å². The summed E-state index contributed by atoms with van der Waals surface area (Å²) in [5.41, 5.74) is -0.783. The Kier molecular flexibility index (Phi) is 7.45. The van der Waals surface area contributed by atoms with Crippen molar-refractivity contribution in [3.8, 4) is 5.75 Å². The van der Waals surface area contributed by atoms with Crippen LogP contribution < -0.4 is 15.5 Å². The summed E-state index contributed by atoms with van der Waals surface area (Å²) in [4.78, 5) is 22.4. The minimum absolute atomic E-state index is 0.0136. The average molecular weight is 526 g/mol. The standard InChI is InChI=1S/C23H20ClF4N5O3/c24-19-17(31-14-3-1-2-13(10-14)23(26,27)28)5-4-15(20(19)35)18(34)12-30-22-29-11-16(25)21(32-22)33-6-8-36-9-7-33/h1-5,10-11,31,35H,6-9,12H2,(H,29,30,32). The Morgan fingerprint density at radius 3 is 2.67 bits per heavy atom. The Hall–Kier alpha value is -3.64. The molecule has 0 radical (unpaired) electrons. The molecular weight excluding hydrogens is 506 g/mol. The zero-order chi connectivity index (χ0) is 25.9. The second-order valence-electron chi connectivity index (χ2n) is 7.77. The van der Waals surface area contributed by atoms with E-state index >= 15 is 0 Å². The van der Waals surface area contributed by atoms with Gasteiger partial charge in [-0.05, 0) is 30.3 Å². The van der Waals surface area contributed by atoms with E-state index in [9.17, 15) is 27.5 Å². The van der Waals surface area contributed by atoms with E-state index in [1.807, 2.05) is 0 Å². The van der Waals surface area contributed by atoms with E-state index in [-0.39, 0.29) is 40.3 Å². The van der Waals surface area contributed by atoms with Gasteiger partial charge in [0.2, 0.25) is 5.95 Å². The molecule has 1 fully saturated rings. The van der Waals surface area contributed by atoms with Crippen molar-refractivity contribution < 1.29 is 32.2 Å². The van der Waals surface area contributed by atoms with Crippen molar-refractivity contribution in [3.05, 3.63) is 64.6 Å². The molecule has 1 saturated heterocycles. The molecule has 0 saturated carbocycles. The number of Topliss-reactive ketones (excluding diaryl/α,β-unsaturated/α-hetero) is 1. The molecule has 0 spiro atoms.